The number of benzene rings is 1. The summed E-state index contributed by atoms with van der Waals surface area (Å²) in [5.74, 6) is -0.512. The maximum absolute atomic E-state index is 12.2. The molecule has 1 aromatic rings. The second-order valence-electron chi connectivity index (χ2n) is 3.88. The summed E-state index contributed by atoms with van der Waals surface area (Å²) in [5.41, 5.74) is 0.669. The third kappa shape index (κ3) is 2.05. The Morgan fingerprint density at radius 3 is 2.65 bits per heavy atom. The molecule has 2 atom stereocenters. The Kier molecular flexibility index (Phi) is 2.92. The lowest BCUT2D eigenvalue weighted by atomic mass is 10.2. The Morgan fingerprint density at radius 1 is 1.41 bits per heavy atom. The van der Waals surface area contributed by atoms with Crippen LogP contribution in [0.1, 0.15) is 5.56 Å². The van der Waals surface area contributed by atoms with Gasteiger partial charge in [0.2, 0.25) is 10.0 Å². The zero-order chi connectivity index (χ0) is 12.6. The van der Waals surface area contributed by atoms with Gasteiger partial charge < -0.3 is 4.74 Å². The van der Waals surface area contributed by atoms with Crippen LogP contribution < -0.4 is 0 Å². The number of methoxy groups -OCH3 is 1. The highest BCUT2D eigenvalue weighted by Gasteiger charge is 2.50. The molecule has 2 rings (SSSR count). The fourth-order valence-corrected chi connectivity index (χ4v) is 3.43. The van der Waals surface area contributed by atoms with Crippen molar-refractivity contribution in [2.75, 3.05) is 13.7 Å². The molecule has 1 saturated heterocycles. The lowest BCUT2D eigenvalue weighted by Gasteiger charge is -2.08. The maximum Gasteiger partial charge on any atom is 0.325 e. The molecule has 0 spiro atoms. The minimum absolute atomic E-state index is 0.198. The van der Waals surface area contributed by atoms with Gasteiger partial charge in [-0.05, 0) is 18.6 Å². The standard InChI is InChI=1S/C11H13NO4S/c1-8-5-3-4-6-10(8)17(14,15)12-7-9(12)11(13)16-2/h3-6,9H,7H2,1-2H3. The summed E-state index contributed by atoms with van der Waals surface area (Å²) in [4.78, 5) is 11.5. The lowest BCUT2D eigenvalue weighted by molar-refractivity contribution is -0.140. The van der Waals surface area contributed by atoms with Crippen LogP contribution in [-0.4, -0.2) is 38.4 Å². The Morgan fingerprint density at radius 2 is 2.06 bits per heavy atom. The molecule has 1 aromatic carbocycles. The highest BCUT2D eigenvalue weighted by atomic mass is 32.2. The van der Waals surface area contributed by atoms with Crippen LogP contribution in [0.15, 0.2) is 29.2 Å². The average Bonchev–Trinajstić information content (AvgIpc) is 3.09. The van der Waals surface area contributed by atoms with Gasteiger partial charge in [0.25, 0.3) is 0 Å². The Bertz CT molecular complexity index is 552. The Hall–Kier alpha value is -1.40. The SMILES string of the molecule is COC(=O)C1CN1S(=O)(=O)c1ccccc1C. The zero-order valence-corrected chi connectivity index (χ0v) is 10.4. The van der Waals surface area contributed by atoms with E-state index in [1.807, 2.05) is 0 Å². The van der Waals surface area contributed by atoms with Crippen molar-refractivity contribution in [3.63, 3.8) is 0 Å². The zero-order valence-electron chi connectivity index (χ0n) is 9.58. The molecule has 17 heavy (non-hydrogen) atoms. The smallest absolute Gasteiger partial charge is 0.325 e. The molecule has 5 nitrogen and oxygen atoms in total. The van der Waals surface area contributed by atoms with Gasteiger partial charge in [0.1, 0.15) is 6.04 Å². The molecule has 2 unspecified atom stereocenters. The molecule has 6 heteroatoms. The lowest BCUT2D eigenvalue weighted by Crippen LogP contribution is -2.20. The summed E-state index contributed by atoms with van der Waals surface area (Å²) < 4.78 is 30.0. The van der Waals surface area contributed by atoms with E-state index >= 15 is 0 Å². The highest BCUT2D eigenvalue weighted by Crippen LogP contribution is 2.30. The summed E-state index contributed by atoms with van der Waals surface area (Å²) in [6.45, 7) is 1.92. The first kappa shape index (κ1) is 12.1. The molecule has 0 saturated carbocycles. The molecule has 0 amide bonds. The van der Waals surface area contributed by atoms with Gasteiger partial charge in [0.15, 0.2) is 0 Å². The molecule has 1 heterocycles. The van der Waals surface area contributed by atoms with Crippen molar-refractivity contribution in [1.82, 2.24) is 4.31 Å². The molecule has 0 N–H and O–H groups in total. The average molecular weight is 255 g/mol. The van der Waals surface area contributed by atoms with E-state index in [1.165, 1.54) is 13.2 Å². The summed E-state index contributed by atoms with van der Waals surface area (Å²) >= 11 is 0. The van der Waals surface area contributed by atoms with E-state index in [9.17, 15) is 13.2 Å². The van der Waals surface area contributed by atoms with E-state index in [-0.39, 0.29) is 11.4 Å². The van der Waals surface area contributed by atoms with Crippen LogP contribution in [0.25, 0.3) is 0 Å². The topological polar surface area (TPSA) is 63.5 Å². The second-order valence-corrected chi connectivity index (χ2v) is 5.74. The fraction of sp³-hybridized carbons (Fsp3) is 0.364. The number of ether oxygens (including phenoxy) is 1. The van der Waals surface area contributed by atoms with Crippen molar-refractivity contribution in [2.45, 2.75) is 17.9 Å². The van der Waals surface area contributed by atoms with Crippen LogP contribution in [-0.2, 0) is 19.6 Å². The van der Waals surface area contributed by atoms with Crippen LogP contribution in [0.4, 0.5) is 0 Å². The second kappa shape index (κ2) is 4.12. The molecule has 1 aliphatic heterocycles. The third-order valence-electron chi connectivity index (χ3n) is 2.72. The first-order valence-corrected chi connectivity index (χ1v) is 6.58. The van der Waals surface area contributed by atoms with Gasteiger partial charge in [-0.2, -0.15) is 4.31 Å². The summed E-state index contributed by atoms with van der Waals surface area (Å²) in [6.07, 6.45) is 0. The van der Waals surface area contributed by atoms with Crippen LogP contribution in [0.3, 0.4) is 0 Å². The fourth-order valence-electron chi connectivity index (χ4n) is 1.69. The van der Waals surface area contributed by atoms with Gasteiger partial charge >= 0.3 is 5.97 Å². The molecule has 1 fully saturated rings. The molecule has 1 aliphatic rings. The largest absolute Gasteiger partial charge is 0.468 e. The van der Waals surface area contributed by atoms with Crippen LogP contribution in [0.5, 0.6) is 0 Å². The molecule has 0 radical (unpaired) electrons. The van der Waals surface area contributed by atoms with Crippen molar-refractivity contribution in [2.24, 2.45) is 0 Å². The molecule has 0 bridgehead atoms. The number of carbonyl (C=O) groups excluding carboxylic acids is 1. The predicted octanol–water partition coefficient (Wildman–Crippen LogP) is 0.541. The quantitative estimate of drug-likeness (QED) is 0.584. The van der Waals surface area contributed by atoms with E-state index in [1.54, 1.807) is 25.1 Å². The van der Waals surface area contributed by atoms with Crippen LogP contribution >= 0.6 is 0 Å². The summed E-state index contributed by atoms with van der Waals surface area (Å²) in [7, 11) is -2.32. The number of sulfonamides is 1. The normalized spacial score (nSPS) is 23.2. The van der Waals surface area contributed by atoms with Gasteiger partial charge in [-0.3, -0.25) is 4.79 Å². The third-order valence-corrected chi connectivity index (χ3v) is 4.76. The van der Waals surface area contributed by atoms with Crippen LogP contribution in [0.2, 0.25) is 0 Å². The van der Waals surface area contributed by atoms with E-state index in [0.717, 1.165) is 4.31 Å². The van der Waals surface area contributed by atoms with Gasteiger partial charge in [-0.1, -0.05) is 18.2 Å². The van der Waals surface area contributed by atoms with Crippen molar-refractivity contribution in [3.05, 3.63) is 29.8 Å². The van der Waals surface area contributed by atoms with Gasteiger partial charge in [0, 0.05) is 6.54 Å². The summed E-state index contributed by atoms with van der Waals surface area (Å²) in [5, 5.41) is 0. The van der Waals surface area contributed by atoms with E-state index in [2.05, 4.69) is 4.74 Å². The first-order valence-electron chi connectivity index (χ1n) is 5.14. The van der Waals surface area contributed by atoms with Crippen LogP contribution in [0, 0.1) is 6.92 Å². The number of esters is 1. The highest BCUT2D eigenvalue weighted by molar-refractivity contribution is 7.89. The van der Waals surface area contributed by atoms with Crippen molar-refractivity contribution in [3.8, 4) is 0 Å². The monoisotopic (exact) mass is 255 g/mol. The Labute approximate surface area is 100 Å². The first-order chi connectivity index (χ1) is 7.98. The molecular weight excluding hydrogens is 242 g/mol. The van der Waals surface area contributed by atoms with Gasteiger partial charge in [-0.15, -0.1) is 0 Å². The van der Waals surface area contributed by atoms with Gasteiger partial charge in [-0.25, -0.2) is 8.42 Å². The molecule has 0 aromatic heterocycles. The number of nitrogens with zero attached hydrogens (tertiary/aromatic N) is 1. The summed E-state index contributed by atoms with van der Waals surface area (Å²) in [6, 6.07) is 6.04. The number of rotatable bonds is 3. The number of hydrogen-bond acceptors (Lipinski definition) is 4. The predicted molar refractivity (Wildman–Crippen MR) is 60.9 cm³/mol. The number of hydrogen-bond donors (Lipinski definition) is 0. The van der Waals surface area contributed by atoms with Crippen molar-refractivity contribution < 1.29 is 17.9 Å². The number of aryl methyl sites for hydroxylation is 1. The molecule has 0 aliphatic carbocycles. The van der Waals surface area contributed by atoms with Crippen molar-refractivity contribution in [1.29, 1.82) is 0 Å². The minimum Gasteiger partial charge on any atom is -0.468 e. The Balaban J connectivity index is 2.29. The number of carbonyl (C=O) groups is 1. The maximum atomic E-state index is 12.2. The van der Waals surface area contributed by atoms with Gasteiger partial charge in [0.05, 0.1) is 12.0 Å². The van der Waals surface area contributed by atoms with Crippen molar-refractivity contribution >= 4 is 16.0 Å². The molecular formula is C11H13NO4S. The molecule has 92 valence electrons. The van der Waals surface area contributed by atoms with E-state index < -0.39 is 22.0 Å². The van der Waals surface area contributed by atoms with E-state index in [4.69, 9.17) is 0 Å². The van der Waals surface area contributed by atoms with E-state index in [0.29, 0.717) is 5.56 Å². The minimum atomic E-state index is -3.57.